The van der Waals surface area contributed by atoms with E-state index in [1.165, 1.54) is 0 Å². The van der Waals surface area contributed by atoms with Gasteiger partial charge in [-0.3, -0.25) is 0 Å². The number of benzene rings is 1. The number of aliphatic hydroxyl groups is 1. The summed E-state index contributed by atoms with van der Waals surface area (Å²) in [6.07, 6.45) is -0.729. The lowest BCUT2D eigenvalue weighted by Gasteiger charge is -2.16. The predicted octanol–water partition coefficient (Wildman–Crippen LogP) is 1.82. The molecule has 0 aliphatic heterocycles. The largest absolute Gasteiger partial charge is 0.387 e. The molecule has 0 aliphatic carbocycles. The molecule has 0 heterocycles. The molecule has 0 spiro atoms. The van der Waals surface area contributed by atoms with Crippen LogP contribution in [0.3, 0.4) is 0 Å². The van der Waals surface area contributed by atoms with E-state index < -0.39 is 6.10 Å². The number of aryl methyl sites for hydroxylation is 2. The summed E-state index contributed by atoms with van der Waals surface area (Å²) in [6.45, 7) is 5.08. The fourth-order valence-electron chi connectivity index (χ4n) is 1.45. The Morgan fingerprint density at radius 2 is 1.71 bits per heavy atom. The summed E-state index contributed by atoms with van der Waals surface area (Å²) in [4.78, 5) is 0. The Morgan fingerprint density at radius 1 is 1.29 bits per heavy atom. The van der Waals surface area contributed by atoms with Gasteiger partial charge in [0.2, 0.25) is 0 Å². The average molecular weight is 197 g/mol. The molecule has 0 amide bonds. The average Bonchev–Trinajstić information content (AvgIpc) is 2.12. The van der Waals surface area contributed by atoms with Crippen molar-refractivity contribution in [1.29, 1.82) is 0 Å². The van der Waals surface area contributed by atoms with Gasteiger partial charge in [-0.05, 0) is 37.5 Å². The van der Waals surface area contributed by atoms with Crippen LogP contribution in [-0.4, -0.2) is 11.1 Å². The second-order valence-corrected chi connectivity index (χ2v) is 3.77. The Labute approximate surface area is 83.6 Å². The van der Waals surface area contributed by atoms with Crippen LogP contribution in [0, 0.1) is 19.7 Å². The van der Waals surface area contributed by atoms with Gasteiger partial charge in [0.1, 0.15) is 5.82 Å². The smallest absolute Gasteiger partial charge is 0.129 e. The monoisotopic (exact) mass is 197 g/mol. The standard InChI is InChI=1S/C11H16FNO/c1-6-4-9(11(14)8(3)13)5-7(2)10(6)12/h4-5,8,11,14H,13H2,1-3H3. The minimum Gasteiger partial charge on any atom is -0.387 e. The third-order valence-electron chi connectivity index (χ3n) is 2.30. The van der Waals surface area contributed by atoms with Gasteiger partial charge in [0.05, 0.1) is 6.10 Å². The van der Waals surface area contributed by atoms with Crippen LogP contribution in [0.4, 0.5) is 4.39 Å². The van der Waals surface area contributed by atoms with Gasteiger partial charge in [0.25, 0.3) is 0 Å². The molecule has 1 aromatic rings. The van der Waals surface area contributed by atoms with Crippen LogP contribution in [-0.2, 0) is 0 Å². The minimum atomic E-state index is -0.729. The normalized spacial score (nSPS) is 15.3. The van der Waals surface area contributed by atoms with Crippen molar-refractivity contribution < 1.29 is 9.50 Å². The van der Waals surface area contributed by atoms with Crippen LogP contribution < -0.4 is 5.73 Å². The quantitative estimate of drug-likeness (QED) is 0.759. The number of halogens is 1. The summed E-state index contributed by atoms with van der Waals surface area (Å²) in [5, 5.41) is 9.69. The lowest BCUT2D eigenvalue weighted by molar-refractivity contribution is 0.153. The summed E-state index contributed by atoms with van der Waals surface area (Å²) >= 11 is 0. The molecule has 0 radical (unpaired) electrons. The van der Waals surface area contributed by atoms with Gasteiger partial charge in [0.15, 0.2) is 0 Å². The van der Waals surface area contributed by atoms with E-state index in [4.69, 9.17) is 5.73 Å². The van der Waals surface area contributed by atoms with E-state index in [0.29, 0.717) is 16.7 Å². The van der Waals surface area contributed by atoms with E-state index in [1.54, 1.807) is 32.9 Å². The number of rotatable bonds is 2. The molecule has 3 N–H and O–H groups in total. The van der Waals surface area contributed by atoms with Crippen molar-refractivity contribution in [3.05, 3.63) is 34.6 Å². The fourth-order valence-corrected chi connectivity index (χ4v) is 1.45. The van der Waals surface area contributed by atoms with E-state index in [0.717, 1.165) is 0 Å². The lowest BCUT2D eigenvalue weighted by atomic mass is 9.99. The Morgan fingerprint density at radius 3 is 2.07 bits per heavy atom. The van der Waals surface area contributed by atoms with Crippen LogP contribution in [0.15, 0.2) is 12.1 Å². The summed E-state index contributed by atoms with van der Waals surface area (Å²) < 4.78 is 13.3. The van der Waals surface area contributed by atoms with Crippen molar-refractivity contribution in [1.82, 2.24) is 0 Å². The van der Waals surface area contributed by atoms with Crippen molar-refractivity contribution in [2.24, 2.45) is 5.73 Å². The molecule has 14 heavy (non-hydrogen) atoms. The van der Waals surface area contributed by atoms with Crippen molar-refractivity contribution >= 4 is 0 Å². The molecule has 2 nitrogen and oxygen atoms in total. The zero-order chi connectivity index (χ0) is 10.9. The van der Waals surface area contributed by atoms with E-state index in [2.05, 4.69) is 0 Å². The summed E-state index contributed by atoms with van der Waals surface area (Å²) in [5.74, 6) is -0.217. The molecule has 2 unspecified atom stereocenters. The van der Waals surface area contributed by atoms with Gasteiger partial charge in [-0.25, -0.2) is 4.39 Å². The molecule has 78 valence electrons. The molecule has 0 fully saturated rings. The molecular formula is C11H16FNO. The maximum absolute atomic E-state index is 13.3. The van der Waals surface area contributed by atoms with E-state index in [-0.39, 0.29) is 11.9 Å². The molecule has 1 aromatic carbocycles. The van der Waals surface area contributed by atoms with Crippen molar-refractivity contribution in [3.63, 3.8) is 0 Å². The van der Waals surface area contributed by atoms with Crippen LogP contribution in [0.1, 0.15) is 29.7 Å². The van der Waals surface area contributed by atoms with Gasteiger partial charge < -0.3 is 10.8 Å². The highest BCUT2D eigenvalue weighted by atomic mass is 19.1. The first-order valence-electron chi connectivity index (χ1n) is 4.63. The van der Waals surface area contributed by atoms with Gasteiger partial charge >= 0.3 is 0 Å². The Balaban J connectivity index is 3.12. The molecule has 3 heteroatoms. The third-order valence-corrected chi connectivity index (χ3v) is 2.30. The number of aliphatic hydroxyl groups excluding tert-OH is 1. The second kappa shape index (κ2) is 4.07. The van der Waals surface area contributed by atoms with E-state index in [1.807, 2.05) is 0 Å². The van der Waals surface area contributed by atoms with Gasteiger partial charge in [0, 0.05) is 6.04 Å². The highest BCUT2D eigenvalue weighted by Crippen LogP contribution is 2.21. The number of hydrogen-bond acceptors (Lipinski definition) is 2. The molecule has 0 bridgehead atoms. The van der Waals surface area contributed by atoms with Crippen molar-refractivity contribution in [2.45, 2.75) is 32.9 Å². The molecule has 0 aliphatic rings. The molecule has 0 saturated carbocycles. The Kier molecular flexibility index (Phi) is 3.24. The first kappa shape index (κ1) is 11.1. The maximum atomic E-state index is 13.3. The van der Waals surface area contributed by atoms with Crippen molar-refractivity contribution in [3.8, 4) is 0 Å². The molecule has 1 rings (SSSR count). The van der Waals surface area contributed by atoms with Gasteiger partial charge in [-0.15, -0.1) is 0 Å². The zero-order valence-electron chi connectivity index (χ0n) is 8.71. The molecular weight excluding hydrogens is 181 g/mol. The van der Waals surface area contributed by atoms with E-state index in [9.17, 15) is 9.50 Å². The molecule has 2 atom stereocenters. The van der Waals surface area contributed by atoms with Gasteiger partial charge in [-0.2, -0.15) is 0 Å². The Hall–Kier alpha value is -0.930. The fraction of sp³-hybridized carbons (Fsp3) is 0.455. The third kappa shape index (κ3) is 2.11. The van der Waals surface area contributed by atoms with Crippen molar-refractivity contribution in [2.75, 3.05) is 0 Å². The summed E-state index contributed by atoms with van der Waals surface area (Å²) in [7, 11) is 0. The van der Waals surface area contributed by atoms with E-state index >= 15 is 0 Å². The summed E-state index contributed by atoms with van der Waals surface area (Å²) in [5.41, 5.74) is 7.32. The first-order chi connectivity index (χ1) is 6.43. The number of hydrogen-bond donors (Lipinski definition) is 2. The highest BCUT2D eigenvalue weighted by molar-refractivity contribution is 5.32. The van der Waals surface area contributed by atoms with Crippen LogP contribution in [0.2, 0.25) is 0 Å². The van der Waals surface area contributed by atoms with Crippen LogP contribution in [0.25, 0.3) is 0 Å². The molecule has 0 saturated heterocycles. The highest BCUT2D eigenvalue weighted by Gasteiger charge is 2.14. The lowest BCUT2D eigenvalue weighted by Crippen LogP contribution is -2.24. The summed E-state index contributed by atoms with van der Waals surface area (Å²) in [6, 6.07) is 2.92. The minimum absolute atomic E-state index is 0.217. The number of nitrogens with two attached hydrogens (primary N) is 1. The maximum Gasteiger partial charge on any atom is 0.129 e. The Bertz CT molecular complexity index is 313. The first-order valence-corrected chi connectivity index (χ1v) is 4.63. The molecule has 0 aromatic heterocycles. The van der Waals surface area contributed by atoms with Crippen LogP contribution >= 0.6 is 0 Å². The topological polar surface area (TPSA) is 46.2 Å². The van der Waals surface area contributed by atoms with Crippen LogP contribution in [0.5, 0.6) is 0 Å². The SMILES string of the molecule is Cc1cc(C(O)C(C)N)cc(C)c1F. The van der Waals surface area contributed by atoms with Gasteiger partial charge in [-0.1, -0.05) is 12.1 Å². The predicted molar refractivity (Wildman–Crippen MR) is 54.5 cm³/mol. The second-order valence-electron chi connectivity index (χ2n) is 3.77. The zero-order valence-corrected chi connectivity index (χ0v) is 8.71.